The number of ether oxygens (including phenoxy) is 1. The van der Waals surface area contributed by atoms with Crippen molar-refractivity contribution in [2.45, 2.75) is 32.6 Å². The van der Waals surface area contributed by atoms with Crippen LogP contribution in [-0.4, -0.2) is 16.5 Å². The molecule has 1 aromatic carbocycles. The van der Waals surface area contributed by atoms with E-state index in [2.05, 4.69) is 17.4 Å². The summed E-state index contributed by atoms with van der Waals surface area (Å²) >= 11 is 1.77. The number of nitriles is 1. The van der Waals surface area contributed by atoms with Crippen LogP contribution in [0.25, 0.3) is 16.2 Å². The molecule has 24 heavy (non-hydrogen) atoms. The Morgan fingerprint density at radius 1 is 1.42 bits per heavy atom. The van der Waals surface area contributed by atoms with E-state index in [0.29, 0.717) is 6.42 Å². The number of thiazole rings is 1. The summed E-state index contributed by atoms with van der Waals surface area (Å²) < 4.78 is 7.74. The van der Waals surface area contributed by atoms with Crippen molar-refractivity contribution in [3.8, 4) is 23.1 Å². The van der Waals surface area contributed by atoms with Gasteiger partial charge in [0.05, 0.1) is 31.0 Å². The molecule has 1 aliphatic rings. The summed E-state index contributed by atoms with van der Waals surface area (Å²) in [5, 5.41) is 9.36. The molecule has 1 aliphatic carbocycles. The third kappa shape index (κ3) is 2.30. The molecular formula is C19H19N3OS. The van der Waals surface area contributed by atoms with E-state index in [1.165, 1.54) is 17.0 Å². The lowest BCUT2D eigenvalue weighted by Crippen LogP contribution is -2.11. The van der Waals surface area contributed by atoms with Gasteiger partial charge in [0, 0.05) is 16.1 Å². The number of imidazole rings is 1. The van der Waals surface area contributed by atoms with Crippen LogP contribution in [0.3, 0.4) is 0 Å². The number of aryl methyl sites for hydroxylation is 1. The Balaban J connectivity index is 1.96. The second kappa shape index (κ2) is 5.95. The molecule has 4 nitrogen and oxygen atoms in total. The second-order valence-electron chi connectivity index (χ2n) is 6.38. The highest BCUT2D eigenvalue weighted by atomic mass is 32.1. The van der Waals surface area contributed by atoms with Crippen molar-refractivity contribution in [3.05, 3.63) is 40.5 Å². The van der Waals surface area contributed by atoms with Crippen molar-refractivity contribution in [1.82, 2.24) is 9.38 Å². The van der Waals surface area contributed by atoms with Crippen LogP contribution in [0.1, 0.15) is 29.6 Å². The van der Waals surface area contributed by atoms with Crippen LogP contribution in [0, 0.1) is 17.2 Å². The lowest BCUT2D eigenvalue weighted by molar-refractivity contribution is 0.416. The van der Waals surface area contributed by atoms with Crippen LogP contribution in [0.15, 0.2) is 24.3 Å². The van der Waals surface area contributed by atoms with Gasteiger partial charge in [0.25, 0.3) is 0 Å². The molecule has 0 radical (unpaired) electrons. The number of nitrogens with zero attached hydrogens (tertiary/aromatic N) is 3. The molecule has 2 heterocycles. The standard InChI is InChI=1S/C19H19N3OS/c1-12-7-8-14-17(11-12)24-19-21-18(15(9-10-20)22(14)19)13-5-3-4-6-16(13)23-2/h3-6,12H,7-9,11H2,1-2H3. The fourth-order valence-corrected chi connectivity index (χ4v) is 4.93. The highest BCUT2D eigenvalue weighted by Crippen LogP contribution is 2.38. The van der Waals surface area contributed by atoms with Crippen molar-refractivity contribution < 1.29 is 4.74 Å². The molecule has 4 rings (SSSR count). The fourth-order valence-electron chi connectivity index (χ4n) is 3.58. The zero-order valence-electron chi connectivity index (χ0n) is 13.9. The van der Waals surface area contributed by atoms with Crippen LogP contribution in [-0.2, 0) is 19.3 Å². The van der Waals surface area contributed by atoms with Gasteiger partial charge >= 0.3 is 0 Å². The fraction of sp³-hybridized carbons (Fsp3) is 0.368. The van der Waals surface area contributed by atoms with Gasteiger partial charge in [-0.2, -0.15) is 5.26 Å². The van der Waals surface area contributed by atoms with E-state index in [1.54, 1.807) is 18.4 Å². The van der Waals surface area contributed by atoms with Crippen molar-refractivity contribution >= 4 is 16.3 Å². The van der Waals surface area contributed by atoms with Crippen LogP contribution in [0.2, 0.25) is 0 Å². The summed E-state index contributed by atoms with van der Waals surface area (Å²) in [6.07, 6.45) is 3.75. The molecule has 0 aliphatic heterocycles. The van der Waals surface area contributed by atoms with Crippen molar-refractivity contribution in [3.63, 3.8) is 0 Å². The lowest BCUT2D eigenvalue weighted by atomic mass is 9.93. The number of hydrogen-bond acceptors (Lipinski definition) is 4. The van der Waals surface area contributed by atoms with E-state index >= 15 is 0 Å². The first-order chi connectivity index (χ1) is 11.7. The van der Waals surface area contributed by atoms with Gasteiger partial charge in [-0.1, -0.05) is 19.1 Å². The van der Waals surface area contributed by atoms with E-state index in [4.69, 9.17) is 9.72 Å². The summed E-state index contributed by atoms with van der Waals surface area (Å²) in [6.45, 7) is 2.31. The predicted molar refractivity (Wildman–Crippen MR) is 95.6 cm³/mol. The molecule has 0 bridgehead atoms. The van der Waals surface area contributed by atoms with E-state index in [-0.39, 0.29) is 0 Å². The van der Waals surface area contributed by atoms with Gasteiger partial charge in [-0.15, -0.1) is 11.3 Å². The van der Waals surface area contributed by atoms with Gasteiger partial charge in [0.2, 0.25) is 0 Å². The Hall–Kier alpha value is -2.32. The molecule has 0 saturated heterocycles. The van der Waals surface area contributed by atoms with Gasteiger partial charge < -0.3 is 4.74 Å². The average Bonchev–Trinajstić information content (AvgIpc) is 3.11. The SMILES string of the molecule is COc1ccccc1-c1nc2sc3c(n2c1CC#N)CCC(C)C3. The monoisotopic (exact) mass is 337 g/mol. The van der Waals surface area contributed by atoms with Crippen molar-refractivity contribution in [1.29, 1.82) is 5.26 Å². The highest BCUT2D eigenvalue weighted by molar-refractivity contribution is 7.17. The van der Waals surface area contributed by atoms with Crippen molar-refractivity contribution in [2.75, 3.05) is 7.11 Å². The van der Waals surface area contributed by atoms with E-state index in [1.807, 2.05) is 24.3 Å². The summed E-state index contributed by atoms with van der Waals surface area (Å²) in [7, 11) is 1.67. The van der Waals surface area contributed by atoms with Crippen LogP contribution >= 0.6 is 11.3 Å². The maximum absolute atomic E-state index is 9.36. The average molecular weight is 337 g/mol. The maximum Gasteiger partial charge on any atom is 0.194 e. The topological polar surface area (TPSA) is 50.3 Å². The highest BCUT2D eigenvalue weighted by Gasteiger charge is 2.26. The number of benzene rings is 1. The summed E-state index contributed by atoms with van der Waals surface area (Å²) in [5.74, 6) is 1.53. The molecule has 122 valence electrons. The largest absolute Gasteiger partial charge is 0.496 e. The Morgan fingerprint density at radius 2 is 2.25 bits per heavy atom. The normalized spacial score (nSPS) is 16.8. The van der Waals surface area contributed by atoms with Crippen LogP contribution in [0.5, 0.6) is 5.75 Å². The summed E-state index contributed by atoms with van der Waals surface area (Å²) in [6, 6.07) is 10.2. The molecule has 5 heteroatoms. The van der Waals surface area contributed by atoms with Crippen LogP contribution < -0.4 is 4.74 Å². The smallest absolute Gasteiger partial charge is 0.194 e. The number of fused-ring (bicyclic) bond motifs is 3. The van der Waals surface area contributed by atoms with Crippen molar-refractivity contribution in [2.24, 2.45) is 5.92 Å². The minimum Gasteiger partial charge on any atom is -0.496 e. The van der Waals surface area contributed by atoms with Gasteiger partial charge in [-0.05, 0) is 37.3 Å². The third-order valence-corrected chi connectivity index (χ3v) is 5.87. The number of methoxy groups -OCH3 is 1. The maximum atomic E-state index is 9.36. The van der Waals surface area contributed by atoms with Gasteiger partial charge in [-0.3, -0.25) is 4.40 Å². The van der Waals surface area contributed by atoms with E-state index in [9.17, 15) is 5.26 Å². The minimum atomic E-state index is 0.354. The number of hydrogen-bond donors (Lipinski definition) is 0. The van der Waals surface area contributed by atoms with Gasteiger partial charge in [0.1, 0.15) is 5.75 Å². The summed E-state index contributed by atoms with van der Waals surface area (Å²) in [5.41, 5.74) is 4.18. The first kappa shape index (κ1) is 15.2. The summed E-state index contributed by atoms with van der Waals surface area (Å²) in [4.78, 5) is 7.32. The van der Waals surface area contributed by atoms with E-state index < -0.39 is 0 Å². The number of rotatable bonds is 3. The quantitative estimate of drug-likeness (QED) is 0.717. The molecular weight excluding hydrogens is 318 g/mol. The second-order valence-corrected chi connectivity index (χ2v) is 7.44. The third-order valence-electron chi connectivity index (χ3n) is 4.76. The molecule has 0 saturated carbocycles. The predicted octanol–water partition coefficient (Wildman–Crippen LogP) is 4.26. The molecule has 1 unspecified atom stereocenters. The molecule has 0 fully saturated rings. The van der Waals surface area contributed by atoms with Gasteiger partial charge in [0.15, 0.2) is 4.96 Å². The van der Waals surface area contributed by atoms with E-state index in [0.717, 1.165) is 46.4 Å². The van der Waals surface area contributed by atoms with Gasteiger partial charge in [-0.25, -0.2) is 4.98 Å². The number of para-hydroxylation sites is 1. The molecule has 0 spiro atoms. The Kier molecular flexibility index (Phi) is 3.78. The first-order valence-corrected chi connectivity index (χ1v) is 9.06. The molecule has 1 atom stereocenters. The zero-order chi connectivity index (χ0) is 16.7. The zero-order valence-corrected chi connectivity index (χ0v) is 14.7. The number of aromatic nitrogens is 2. The van der Waals surface area contributed by atoms with Crippen LogP contribution in [0.4, 0.5) is 0 Å². The lowest BCUT2D eigenvalue weighted by Gasteiger charge is -2.18. The Labute approximate surface area is 145 Å². The Bertz CT molecular complexity index is 948. The first-order valence-electron chi connectivity index (χ1n) is 8.25. The molecule has 3 aromatic rings. The minimum absolute atomic E-state index is 0.354. The molecule has 2 aromatic heterocycles. The molecule has 0 amide bonds. The Morgan fingerprint density at radius 3 is 3.04 bits per heavy atom. The molecule has 0 N–H and O–H groups in total.